The summed E-state index contributed by atoms with van der Waals surface area (Å²) in [5, 5.41) is 3.61. The highest BCUT2D eigenvalue weighted by Crippen LogP contribution is 2.31. The van der Waals surface area contributed by atoms with Gasteiger partial charge in [-0.2, -0.15) is 0 Å². The monoisotopic (exact) mass is 413 g/mol. The maximum Gasteiger partial charge on any atom is 0.256 e. The molecule has 1 aromatic carbocycles. The minimum Gasteiger partial charge on any atom is -0.387 e. The number of amidine groups is 1. The third-order valence-electron chi connectivity index (χ3n) is 4.18. The van der Waals surface area contributed by atoms with Crippen LogP contribution < -0.4 is 16.6 Å². The van der Waals surface area contributed by atoms with Gasteiger partial charge >= 0.3 is 0 Å². The summed E-state index contributed by atoms with van der Waals surface area (Å²) >= 11 is 6.01. The van der Waals surface area contributed by atoms with Crippen molar-refractivity contribution in [3.8, 4) is 11.1 Å². The van der Waals surface area contributed by atoms with Gasteiger partial charge in [-0.3, -0.25) is 4.79 Å². The van der Waals surface area contributed by atoms with Gasteiger partial charge in [0.15, 0.2) is 5.82 Å². The first-order valence-electron chi connectivity index (χ1n) is 9.01. The van der Waals surface area contributed by atoms with Gasteiger partial charge < -0.3 is 16.0 Å². The summed E-state index contributed by atoms with van der Waals surface area (Å²) in [4.78, 5) is 23.8. The number of nitrogens with one attached hydrogen (secondary N) is 2. The Bertz CT molecular complexity index is 1140. The average Bonchev–Trinajstić information content (AvgIpc) is 2.64. The van der Waals surface area contributed by atoms with Crippen LogP contribution in [0.25, 0.3) is 11.1 Å². The van der Waals surface area contributed by atoms with Crippen LogP contribution in [0.2, 0.25) is 5.02 Å². The van der Waals surface area contributed by atoms with Gasteiger partial charge in [-0.25, -0.2) is 14.4 Å². The van der Waals surface area contributed by atoms with Gasteiger partial charge in [0.25, 0.3) is 5.56 Å². The van der Waals surface area contributed by atoms with Crippen molar-refractivity contribution in [2.75, 3.05) is 5.32 Å². The fourth-order valence-electron chi connectivity index (χ4n) is 2.90. The fraction of sp³-hybridized carbons (Fsp3) is 0.190. The van der Waals surface area contributed by atoms with Crippen LogP contribution in [0.3, 0.4) is 0 Å². The van der Waals surface area contributed by atoms with Gasteiger partial charge in [-0.05, 0) is 43.2 Å². The SMILES string of the molecule is CC(N)=Nc1cc(Nc2cc(-c3cc(Cl)ccc3F)c(=O)[nH]c2C(C)C)ccn1. The van der Waals surface area contributed by atoms with Gasteiger partial charge in [-0.15, -0.1) is 0 Å². The summed E-state index contributed by atoms with van der Waals surface area (Å²) in [6.07, 6.45) is 1.60. The van der Waals surface area contributed by atoms with Crippen molar-refractivity contribution < 1.29 is 4.39 Å². The topological polar surface area (TPSA) is 96.2 Å². The highest BCUT2D eigenvalue weighted by atomic mass is 35.5. The van der Waals surface area contributed by atoms with E-state index in [1.54, 1.807) is 31.3 Å². The van der Waals surface area contributed by atoms with E-state index in [1.165, 1.54) is 18.2 Å². The summed E-state index contributed by atoms with van der Waals surface area (Å²) in [5.74, 6) is 0.336. The van der Waals surface area contributed by atoms with Crippen LogP contribution in [0, 0.1) is 5.82 Å². The van der Waals surface area contributed by atoms with E-state index in [-0.39, 0.29) is 22.6 Å². The molecule has 0 unspecified atom stereocenters. The van der Waals surface area contributed by atoms with Gasteiger partial charge in [0.05, 0.1) is 17.1 Å². The summed E-state index contributed by atoms with van der Waals surface area (Å²) in [6.45, 7) is 5.58. The smallest absolute Gasteiger partial charge is 0.256 e. The Morgan fingerprint density at radius 1 is 1.24 bits per heavy atom. The Hall–Kier alpha value is -3.19. The van der Waals surface area contributed by atoms with Gasteiger partial charge in [0.2, 0.25) is 0 Å². The van der Waals surface area contributed by atoms with Crippen molar-refractivity contribution in [3.63, 3.8) is 0 Å². The molecule has 2 aromatic heterocycles. The lowest BCUT2D eigenvalue weighted by Crippen LogP contribution is -2.15. The third-order valence-corrected chi connectivity index (χ3v) is 4.42. The molecule has 3 rings (SSSR count). The van der Waals surface area contributed by atoms with Gasteiger partial charge in [-0.1, -0.05) is 25.4 Å². The molecule has 0 spiro atoms. The number of hydrogen-bond donors (Lipinski definition) is 3. The predicted molar refractivity (Wildman–Crippen MR) is 116 cm³/mol. The first-order valence-corrected chi connectivity index (χ1v) is 9.39. The zero-order valence-corrected chi connectivity index (χ0v) is 17.0. The van der Waals surface area contributed by atoms with E-state index < -0.39 is 5.82 Å². The standard InChI is InChI=1S/C21H21ClFN5O/c1-11(2)20-18(27-14-6-7-25-19(9-14)26-12(3)24)10-16(21(29)28-20)15-8-13(22)4-5-17(15)23/h4-11H,1-3H3,(H,28,29)(H3,24,25,26,27). The minimum atomic E-state index is -0.526. The molecular weight excluding hydrogens is 393 g/mol. The normalized spacial score (nSPS) is 11.7. The number of aromatic nitrogens is 2. The molecule has 0 bridgehead atoms. The Labute approximate surface area is 172 Å². The number of anilines is 2. The zero-order chi connectivity index (χ0) is 21.1. The van der Waals surface area contributed by atoms with Crippen molar-refractivity contribution in [2.24, 2.45) is 10.7 Å². The largest absolute Gasteiger partial charge is 0.387 e. The molecule has 0 aliphatic carbocycles. The Balaban J connectivity index is 2.11. The molecule has 3 aromatic rings. The van der Waals surface area contributed by atoms with Crippen LogP contribution in [-0.2, 0) is 0 Å². The summed E-state index contributed by atoms with van der Waals surface area (Å²) in [7, 11) is 0. The van der Waals surface area contributed by atoms with Crippen LogP contribution in [0.1, 0.15) is 32.4 Å². The number of aromatic amines is 1. The number of pyridine rings is 2. The molecular formula is C21H21ClFN5O. The second-order valence-corrected chi connectivity index (χ2v) is 7.34. The van der Waals surface area contributed by atoms with Crippen molar-refractivity contribution in [1.29, 1.82) is 0 Å². The molecule has 0 saturated heterocycles. The van der Waals surface area contributed by atoms with Crippen molar-refractivity contribution in [3.05, 3.63) is 69.5 Å². The molecule has 6 nitrogen and oxygen atoms in total. The molecule has 0 saturated carbocycles. The van der Waals surface area contributed by atoms with Gasteiger partial charge in [0.1, 0.15) is 5.82 Å². The molecule has 0 radical (unpaired) electrons. The Morgan fingerprint density at radius 3 is 2.69 bits per heavy atom. The summed E-state index contributed by atoms with van der Waals surface area (Å²) in [6, 6.07) is 9.23. The molecule has 29 heavy (non-hydrogen) atoms. The van der Waals surface area contributed by atoms with Crippen molar-refractivity contribution in [2.45, 2.75) is 26.7 Å². The number of halogens is 2. The molecule has 0 fully saturated rings. The molecule has 150 valence electrons. The second kappa shape index (κ2) is 8.45. The molecule has 0 amide bonds. The van der Waals surface area contributed by atoms with E-state index in [0.717, 1.165) is 0 Å². The lowest BCUT2D eigenvalue weighted by Gasteiger charge is -2.16. The molecule has 0 aliphatic heterocycles. The van der Waals surface area contributed by atoms with Gasteiger partial charge in [0, 0.05) is 34.2 Å². The number of benzene rings is 1. The average molecular weight is 414 g/mol. The molecule has 2 heterocycles. The van der Waals surface area contributed by atoms with E-state index in [0.29, 0.717) is 33.7 Å². The molecule has 8 heteroatoms. The Morgan fingerprint density at radius 2 is 2.00 bits per heavy atom. The predicted octanol–water partition coefficient (Wildman–Crippen LogP) is 5.11. The lowest BCUT2D eigenvalue weighted by atomic mass is 10.0. The minimum absolute atomic E-state index is 0.0223. The maximum absolute atomic E-state index is 14.4. The number of aliphatic imine (C=N–C) groups is 1. The molecule has 0 atom stereocenters. The number of rotatable bonds is 5. The van der Waals surface area contributed by atoms with Crippen LogP contribution >= 0.6 is 11.6 Å². The van der Waals surface area contributed by atoms with Crippen LogP contribution in [0.4, 0.5) is 21.6 Å². The van der Waals surface area contributed by atoms with Crippen molar-refractivity contribution >= 4 is 34.6 Å². The van der Waals surface area contributed by atoms with E-state index in [2.05, 4.69) is 20.3 Å². The highest BCUT2D eigenvalue weighted by Gasteiger charge is 2.16. The van der Waals surface area contributed by atoms with Crippen LogP contribution in [-0.4, -0.2) is 15.8 Å². The number of nitrogens with two attached hydrogens (primary N) is 1. The first kappa shape index (κ1) is 20.5. The maximum atomic E-state index is 14.4. The van der Waals surface area contributed by atoms with Crippen LogP contribution in [0.15, 0.2) is 52.4 Å². The number of H-pyrrole nitrogens is 1. The highest BCUT2D eigenvalue weighted by molar-refractivity contribution is 6.30. The quantitative estimate of drug-likeness (QED) is 0.400. The van der Waals surface area contributed by atoms with Crippen LogP contribution in [0.5, 0.6) is 0 Å². The second-order valence-electron chi connectivity index (χ2n) is 6.90. The third kappa shape index (κ3) is 4.81. The number of nitrogens with zero attached hydrogens (tertiary/aromatic N) is 2. The summed E-state index contributed by atoms with van der Waals surface area (Å²) < 4.78 is 14.4. The van der Waals surface area contributed by atoms with E-state index in [1.807, 2.05) is 13.8 Å². The van der Waals surface area contributed by atoms with E-state index in [9.17, 15) is 9.18 Å². The first-order chi connectivity index (χ1) is 13.7. The van der Waals surface area contributed by atoms with E-state index in [4.69, 9.17) is 17.3 Å². The zero-order valence-electron chi connectivity index (χ0n) is 16.3. The fourth-order valence-corrected chi connectivity index (χ4v) is 3.07. The molecule has 0 aliphatic rings. The van der Waals surface area contributed by atoms with Crippen molar-refractivity contribution in [1.82, 2.24) is 9.97 Å². The molecule has 4 N–H and O–H groups in total. The number of hydrogen-bond acceptors (Lipinski definition) is 4. The lowest BCUT2D eigenvalue weighted by molar-refractivity contribution is 0.631. The summed E-state index contributed by atoms with van der Waals surface area (Å²) in [5.41, 5.74) is 7.58. The van der Waals surface area contributed by atoms with E-state index >= 15 is 0 Å². The Kier molecular flexibility index (Phi) is 5.98.